The number of carboxylic acids is 1. The number of carboxylic acid groups (broad SMARTS) is 1. The highest BCUT2D eigenvalue weighted by Gasteiger charge is 2.36. The molecule has 2 aliphatic rings. The fraction of sp³-hybridized carbons (Fsp3) is 0.909. The van der Waals surface area contributed by atoms with Crippen molar-refractivity contribution >= 4 is 5.97 Å². The minimum absolute atomic E-state index is 0.116. The first-order valence-corrected chi connectivity index (χ1v) is 5.93. The molecule has 2 heterocycles. The normalized spacial score (nSPS) is 33.9. The van der Waals surface area contributed by atoms with Gasteiger partial charge < -0.3 is 15.7 Å². The van der Waals surface area contributed by atoms with E-state index < -0.39 is 5.97 Å². The predicted octanol–water partition coefficient (Wildman–Crippen LogP) is 0.296. The Morgan fingerprint density at radius 2 is 1.73 bits per heavy atom. The van der Waals surface area contributed by atoms with E-state index >= 15 is 0 Å². The van der Waals surface area contributed by atoms with Gasteiger partial charge in [-0.25, -0.2) is 0 Å². The van der Waals surface area contributed by atoms with E-state index in [2.05, 4.69) is 10.6 Å². The van der Waals surface area contributed by atoms with Crippen LogP contribution in [0.15, 0.2) is 0 Å². The molecule has 0 spiro atoms. The lowest BCUT2D eigenvalue weighted by Gasteiger charge is -2.37. The van der Waals surface area contributed by atoms with Gasteiger partial charge in [0.05, 0.1) is 5.92 Å². The summed E-state index contributed by atoms with van der Waals surface area (Å²) in [5, 5.41) is 15.9. The Kier molecular flexibility index (Phi) is 3.59. The molecular formula is C11H20N2O2. The van der Waals surface area contributed by atoms with Crippen molar-refractivity contribution in [3.05, 3.63) is 0 Å². The molecule has 0 aromatic carbocycles. The van der Waals surface area contributed by atoms with Gasteiger partial charge in [-0.2, -0.15) is 0 Å². The van der Waals surface area contributed by atoms with Crippen LogP contribution in [-0.2, 0) is 4.79 Å². The molecule has 2 fully saturated rings. The summed E-state index contributed by atoms with van der Waals surface area (Å²) >= 11 is 0. The number of hydrogen-bond donors (Lipinski definition) is 3. The molecule has 15 heavy (non-hydrogen) atoms. The molecule has 2 atom stereocenters. The molecular weight excluding hydrogens is 192 g/mol. The lowest BCUT2D eigenvalue weighted by Crippen LogP contribution is -2.46. The minimum atomic E-state index is -0.597. The molecule has 0 radical (unpaired) electrons. The molecule has 4 heteroatoms. The maximum Gasteiger partial charge on any atom is 0.306 e. The molecule has 0 amide bonds. The average molecular weight is 212 g/mol. The van der Waals surface area contributed by atoms with Crippen molar-refractivity contribution in [2.45, 2.75) is 19.3 Å². The maximum atomic E-state index is 11.2. The molecule has 0 saturated carbocycles. The van der Waals surface area contributed by atoms with Crippen LogP contribution in [0.5, 0.6) is 0 Å². The van der Waals surface area contributed by atoms with Crippen LogP contribution in [-0.4, -0.2) is 37.3 Å². The Hall–Kier alpha value is -0.610. The predicted molar refractivity (Wildman–Crippen MR) is 57.7 cm³/mol. The first-order chi connectivity index (χ1) is 7.29. The monoisotopic (exact) mass is 212 g/mol. The van der Waals surface area contributed by atoms with Gasteiger partial charge in [0.2, 0.25) is 0 Å². The molecule has 0 aliphatic carbocycles. The third-order valence-corrected chi connectivity index (χ3v) is 3.84. The average Bonchev–Trinajstić information content (AvgIpc) is 2.30. The van der Waals surface area contributed by atoms with E-state index in [1.165, 1.54) is 0 Å². The van der Waals surface area contributed by atoms with Crippen LogP contribution in [0.25, 0.3) is 0 Å². The maximum absolute atomic E-state index is 11.2. The van der Waals surface area contributed by atoms with Crippen LogP contribution in [0.1, 0.15) is 19.3 Å². The van der Waals surface area contributed by atoms with Gasteiger partial charge >= 0.3 is 5.97 Å². The second kappa shape index (κ2) is 4.94. The van der Waals surface area contributed by atoms with Gasteiger partial charge in [-0.15, -0.1) is 0 Å². The molecule has 2 saturated heterocycles. The van der Waals surface area contributed by atoms with Gasteiger partial charge in [0.1, 0.15) is 0 Å². The van der Waals surface area contributed by atoms with E-state index in [1.807, 2.05) is 0 Å². The Bertz CT molecular complexity index is 227. The van der Waals surface area contributed by atoms with Crippen molar-refractivity contribution in [3.8, 4) is 0 Å². The zero-order valence-electron chi connectivity index (χ0n) is 9.04. The standard InChI is InChI=1S/C11H20N2O2/c14-11(15)9-3-6-13-7-10(9)8-1-4-12-5-2-8/h8-10,12-13H,1-7H2,(H,14,15). The van der Waals surface area contributed by atoms with Crippen LogP contribution >= 0.6 is 0 Å². The summed E-state index contributed by atoms with van der Waals surface area (Å²) in [6, 6.07) is 0. The molecule has 0 bridgehead atoms. The molecule has 2 unspecified atom stereocenters. The highest BCUT2D eigenvalue weighted by atomic mass is 16.4. The third kappa shape index (κ3) is 2.49. The third-order valence-electron chi connectivity index (χ3n) is 3.84. The fourth-order valence-corrected chi connectivity index (χ4v) is 2.96. The summed E-state index contributed by atoms with van der Waals surface area (Å²) in [6.45, 7) is 3.85. The van der Waals surface area contributed by atoms with Gasteiger partial charge in [-0.1, -0.05) is 0 Å². The van der Waals surface area contributed by atoms with Gasteiger partial charge in [0.25, 0.3) is 0 Å². The fourth-order valence-electron chi connectivity index (χ4n) is 2.96. The molecule has 2 rings (SSSR count). The van der Waals surface area contributed by atoms with Gasteiger partial charge in [0, 0.05) is 0 Å². The summed E-state index contributed by atoms with van der Waals surface area (Å²) in [5.41, 5.74) is 0. The van der Waals surface area contributed by atoms with Gasteiger partial charge in [-0.3, -0.25) is 4.79 Å². The highest BCUT2D eigenvalue weighted by Crippen LogP contribution is 2.31. The Morgan fingerprint density at radius 1 is 1.07 bits per heavy atom. The van der Waals surface area contributed by atoms with E-state index in [1.54, 1.807) is 0 Å². The lowest BCUT2D eigenvalue weighted by atomic mass is 9.74. The van der Waals surface area contributed by atoms with E-state index in [-0.39, 0.29) is 5.92 Å². The molecule has 86 valence electrons. The number of piperidine rings is 2. The topological polar surface area (TPSA) is 61.4 Å². The summed E-state index contributed by atoms with van der Waals surface area (Å²) in [5.74, 6) is 0.230. The first kappa shape index (κ1) is 10.9. The largest absolute Gasteiger partial charge is 0.481 e. The second-order valence-corrected chi connectivity index (χ2v) is 4.69. The molecule has 4 nitrogen and oxygen atoms in total. The summed E-state index contributed by atoms with van der Waals surface area (Å²) in [7, 11) is 0. The number of hydrogen-bond acceptors (Lipinski definition) is 3. The van der Waals surface area contributed by atoms with E-state index in [0.29, 0.717) is 11.8 Å². The van der Waals surface area contributed by atoms with Crippen LogP contribution < -0.4 is 10.6 Å². The lowest BCUT2D eigenvalue weighted by molar-refractivity contribution is -0.145. The van der Waals surface area contributed by atoms with Crippen molar-refractivity contribution in [2.24, 2.45) is 17.8 Å². The second-order valence-electron chi connectivity index (χ2n) is 4.69. The molecule has 3 N–H and O–H groups in total. The summed E-state index contributed by atoms with van der Waals surface area (Å²) in [6.07, 6.45) is 3.07. The van der Waals surface area contributed by atoms with Crippen LogP contribution in [0, 0.1) is 17.8 Å². The molecule has 0 aromatic heterocycles. The van der Waals surface area contributed by atoms with Crippen molar-refractivity contribution in [2.75, 3.05) is 26.2 Å². The zero-order valence-corrected chi connectivity index (χ0v) is 9.04. The Balaban J connectivity index is 1.99. The highest BCUT2D eigenvalue weighted by molar-refractivity contribution is 5.70. The molecule has 2 aliphatic heterocycles. The van der Waals surface area contributed by atoms with Gasteiger partial charge in [-0.05, 0) is 57.3 Å². The van der Waals surface area contributed by atoms with Crippen LogP contribution in [0.4, 0.5) is 0 Å². The van der Waals surface area contributed by atoms with Crippen LogP contribution in [0.2, 0.25) is 0 Å². The number of rotatable bonds is 2. The van der Waals surface area contributed by atoms with Crippen molar-refractivity contribution in [1.82, 2.24) is 10.6 Å². The minimum Gasteiger partial charge on any atom is -0.481 e. The summed E-state index contributed by atoms with van der Waals surface area (Å²) in [4.78, 5) is 11.2. The van der Waals surface area contributed by atoms with E-state index in [4.69, 9.17) is 0 Å². The zero-order chi connectivity index (χ0) is 10.7. The van der Waals surface area contributed by atoms with Gasteiger partial charge in [0.15, 0.2) is 0 Å². The van der Waals surface area contributed by atoms with E-state index in [9.17, 15) is 9.90 Å². The first-order valence-electron chi connectivity index (χ1n) is 5.93. The van der Waals surface area contributed by atoms with Crippen molar-refractivity contribution < 1.29 is 9.90 Å². The van der Waals surface area contributed by atoms with Crippen LogP contribution in [0.3, 0.4) is 0 Å². The Morgan fingerprint density at radius 3 is 2.40 bits per heavy atom. The number of carbonyl (C=O) groups is 1. The Labute approximate surface area is 90.4 Å². The SMILES string of the molecule is O=C(O)C1CCNCC1C1CCNCC1. The quantitative estimate of drug-likeness (QED) is 0.616. The van der Waals surface area contributed by atoms with E-state index in [0.717, 1.165) is 45.4 Å². The smallest absolute Gasteiger partial charge is 0.306 e. The number of aliphatic carboxylic acids is 1. The summed E-state index contributed by atoms with van der Waals surface area (Å²) < 4.78 is 0. The van der Waals surface area contributed by atoms with Crippen molar-refractivity contribution in [1.29, 1.82) is 0 Å². The number of nitrogens with one attached hydrogen (secondary N) is 2. The molecule has 0 aromatic rings. The van der Waals surface area contributed by atoms with Crippen molar-refractivity contribution in [3.63, 3.8) is 0 Å².